The van der Waals surface area contributed by atoms with E-state index in [4.69, 9.17) is 8.83 Å². The Bertz CT molecular complexity index is 1400. The Balaban J connectivity index is 1.64. The van der Waals surface area contributed by atoms with Crippen LogP contribution in [0.4, 0.5) is 17.6 Å². The van der Waals surface area contributed by atoms with Crippen LogP contribution in [0.15, 0.2) is 39.4 Å². The predicted molar refractivity (Wildman–Crippen MR) is 108 cm³/mol. The van der Waals surface area contributed by atoms with Crippen LogP contribution >= 0.6 is 0 Å². The van der Waals surface area contributed by atoms with Gasteiger partial charge < -0.3 is 23.8 Å². The minimum absolute atomic E-state index is 0.0138. The van der Waals surface area contributed by atoms with E-state index in [2.05, 4.69) is 15.0 Å². The molecule has 0 saturated carbocycles. The molecule has 1 amide bonds. The molecule has 4 heterocycles. The van der Waals surface area contributed by atoms with Gasteiger partial charge in [0.05, 0.1) is 12.0 Å². The number of nitrogens with zero attached hydrogens (tertiary/aromatic N) is 3. The smallest absolute Gasteiger partial charge is 0.437 e. The van der Waals surface area contributed by atoms with Crippen molar-refractivity contribution in [1.29, 1.82) is 0 Å². The van der Waals surface area contributed by atoms with Gasteiger partial charge in [0.1, 0.15) is 28.8 Å². The Kier molecular flexibility index (Phi) is 4.83. The van der Waals surface area contributed by atoms with Gasteiger partial charge in [0, 0.05) is 24.0 Å². The van der Waals surface area contributed by atoms with Gasteiger partial charge in [0.25, 0.3) is 5.91 Å². The molecule has 8 nitrogen and oxygen atoms in total. The Labute approximate surface area is 189 Å². The van der Waals surface area contributed by atoms with E-state index >= 15 is 0 Å². The molecule has 0 radical (unpaired) electrons. The number of hydrogen-bond donors (Lipinski definition) is 2. The van der Waals surface area contributed by atoms with Crippen LogP contribution in [-0.2, 0) is 18.2 Å². The number of amides is 1. The molecule has 1 aromatic carbocycles. The van der Waals surface area contributed by atoms with E-state index < -0.39 is 46.9 Å². The van der Waals surface area contributed by atoms with Crippen LogP contribution in [0.1, 0.15) is 59.2 Å². The van der Waals surface area contributed by atoms with Gasteiger partial charge in [-0.1, -0.05) is 0 Å². The van der Waals surface area contributed by atoms with E-state index in [1.54, 1.807) is 0 Å². The summed E-state index contributed by atoms with van der Waals surface area (Å²) < 4.78 is 65.9. The van der Waals surface area contributed by atoms with E-state index in [-0.39, 0.29) is 12.3 Å². The highest BCUT2D eigenvalue weighted by Gasteiger charge is 2.46. The van der Waals surface area contributed by atoms with Crippen molar-refractivity contribution < 1.29 is 36.3 Å². The lowest BCUT2D eigenvalue weighted by Crippen LogP contribution is -2.41. The summed E-state index contributed by atoms with van der Waals surface area (Å²) in [6.45, 7) is 2.40. The standard InChI is InChI=1S/C22H18F4N4O4/c1-21(2,32)20-29-18(22(24,25)26)17(34-20)19(31)30-6-5-12-15(28-9-27-12)16(30)14-8-10-7-11(23)3-4-13(10)33-14/h3-4,7-9,16,32H,5-6H2,1-2H3,(H,27,28)/t16-/m1/s1. The number of H-pyrrole nitrogens is 1. The average molecular weight is 478 g/mol. The molecule has 0 saturated heterocycles. The Hall–Kier alpha value is -3.67. The van der Waals surface area contributed by atoms with Crippen LogP contribution in [-0.4, -0.2) is 37.4 Å². The number of benzene rings is 1. The van der Waals surface area contributed by atoms with Crippen LogP contribution in [0, 0.1) is 5.82 Å². The fraction of sp³-hybridized carbons (Fsp3) is 0.318. The summed E-state index contributed by atoms with van der Waals surface area (Å²) in [5.41, 5.74) is -1.97. The Morgan fingerprint density at radius 1 is 1.24 bits per heavy atom. The van der Waals surface area contributed by atoms with Gasteiger partial charge in [-0.05, 0) is 38.1 Å². The number of carbonyl (C=O) groups excluding carboxylic acids is 1. The van der Waals surface area contributed by atoms with Crippen LogP contribution in [0.25, 0.3) is 11.0 Å². The van der Waals surface area contributed by atoms with Gasteiger partial charge in [-0.3, -0.25) is 4.79 Å². The second-order valence-electron chi connectivity index (χ2n) is 8.50. The molecule has 0 aliphatic carbocycles. The molecule has 2 N–H and O–H groups in total. The Morgan fingerprint density at radius 3 is 2.71 bits per heavy atom. The molecule has 5 rings (SSSR count). The molecule has 3 aromatic heterocycles. The number of alkyl halides is 3. The van der Waals surface area contributed by atoms with Crippen molar-refractivity contribution in [3.05, 3.63) is 70.9 Å². The quantitative estimate of drug-likeness (QED) is 0.425. The summed E-state index contributed by atoms with van der Waals surface area (Å²) in [4.78, 5) is 25.2. The summed E-state index contributed by atoms with van der Waals surface area (Å²) >= 11 is 0. The molecule has 0 spiro atoms. The number of hydrogen-bond acceptors (Lipinski definition) is 6. The molecule has 0 bridgehead atoms. The summed E-state index contributed by atoms with van der Waals surface area (Å²) in [5.74, 6) is -3.09. The maximum atomic E-state index is 13.7. The number of imidazole rings is 1. The first-order valence-electron chi connectivity index (χ1n) is 10.3. The highest BCUT2D eigenvalue weighted by atomic mass is 19.4. The first-order valence-corrected chi connectivity index (χ1v) is 10.3. The van der Waals surface area contributed by atoms with Gasteiger partial charge in [0.2, 0.25) is 11.7 Å². The third-order valence-electron chi connectivity index (χ3n) is 5.57. The molecule has 4 aromatic rings. The molecular weight excluding hydrogens is 460 g/mol. The summed E-state index contributed by atoms with van der Waals surface area (Å²) in [6, 6.07) is 4.39. The van der Waals surface area contributed by atoms with Crippen LogP contribution in [0.3, 0.4) is 0 Å². The normalized spacial score (nSPS) is 16.8. The first kappa shape index (κ1) is 22.1. The molecule has 178 valence electrons. The molecular formula is C22H18F4N4O4. The molecule has 1 atom stereocenters. The fourth-order valence-corrected chi connectivity index (χ4v) is 4.00. The second kappa shape index (κ2) is 7.42. The first-order chi connectivity index (χ1) is 15.9. The van der Waals surface area contributed by atoms with E-state index in [0.29, 0.717) is 28.8 Å². The third kappa shape index (κ3) is 3.63. The number of aliphatic hydroxyl groups is 1. The Morgan fingerprint density at radius 2 is 2.00 bits per heavy atom. The SMILES string of the molecule is CC(C)(O)c1nc(C(F)(F)F)c(C(=O)N2CCc3[nH]cnc3[C@H]2c2cc3cc(F)ccc3o2)o1. The van der Waals surface area contributed by atoms with Crippen molar-refractivity contribution in [1.82, 2.24) is 19.9 Å². The molecule has 1 aliphatic rings. The van der Waals surface area contributed by atoms with Crippen molar-refractivity contribution in [2.24, 2.45) is 0 Å². The number of halogens is 4. The zero-order chi connectivity index (χ0) is 24.4. The molecule has 12 heteroatoms. The molecule has 34 heavy (non-hydrogen) atoms. The summed E-state index contributed by atoms with van der Waals surface area (Å²) in [5, 5.41) is 10.5. The molecule has 0 fully saturated rings. The number of oxazole rings is 1. The average Bonchev–Trinajstić information content (AvgIpc) is 3.48. The topological polar surface area (TPSA) is 108 Å². The number of carbonyl (C=O) groups is 1. The van der Waals surface area contributed by atoms with Crippen LogP contribution < -0.4 is 0 Å². The lowest BCUT2D eigenvalue weighted by Gasteiger charge is -2.33. The number of fused-ring (bicyclic) bond motifs is 2. The van der Waals surface area contributed by atoms with Crippen molar-refractivity contribution in [3.8, 4) is 0 Å². The van der Waals surface area contributed by atoms with Crippen molar-refractivity contribution >= 4 is 16.9 Å². The predicted octanol–water partition coefficient (Wildman–Crippen LogP) is 4.32. The highest BCUT2D eigenvalue weighted by molar-refractivity contribution is 5.93. The second-order valence-corrected chi connectivity index (χ2v) is 8.50. The number of aromatic amines is 1. The number of aromatic nitrogens is 3. The minimum Gasteiger partial charge on any atom is -0.458 e. The number of furan rings is 1. The van der Waals surface area contributed by atoms with E-state index in [1.165, 1.54) is 44.4 Å². The molecule has 1 aliphatic heterocycles. The zero-order valence-electron chi connectivity index (χ0n) is 17.9. The fourth-order valence-electron chi connectivity index (χ4n) is 4.00. The third-order valence-corrected chi connectivity index (χ3v) is 5.57. The lowest BCUT2D eigenvalue weighted by molar-refractivity contribution is -0.141. The van der Waals surface area contributed by atoms with Crippen molar-refractivity contribution in [3.63, 3.8) is 0 Å². The molecule has 0 unspecified atom stereocenters. The van der Waals surface area contributed by atoms with Crippen LogP contribution in [0.2, 0.25) is 0 Å². The van der Waals surface area contributed by atoms with Gasteiger partial charge >= 0.3 is 6.18 Å². The summed E-state index contributed by atoms with van der Waals surface area (Å²) in [7, 11) is 0. The van der Waals surface area contributed by atoms with E-state index in [0.717, 1.165) is 4.90 Å². The summed E-state index contributed by atoms with van der Waals surface area (Å²) in [6.07, 6.45) is -3.30. The number of rotatable bonds is 3. The zero-order valence-corrected chi connectivity index (χ0v) is 17.9. The number of nitrogens with one attached hydrogen (secondary N) is 1. The van der Waals surface area contributed by atoms with Gasteiger partial charge in [-0.25, -0.2) is 14.4 Å². The van der Waals surface area contributed by atoms with Gasteiger partial charge in [-0.2, -0.15) is 13.2 Å². The van der Waals surface area contributed by atoms with Gasteiger partial charge in [0.15, 0.2) is 5.69 Å². The largest absolute Gasteiger partial charge is 0.458 e. The maximum absolute atomic E-state index is 13.7. The van der Waals surface area contributed by atoms with E-state index in [1.807, 2.05) is 0 Å². The maximum Gasteiger partial charge on any atom is 0.437 e. The monoisotopic (exact) mass is 478 g/mol. The highest BCUT2D eigenvalue weighted by Crippen LogP contribution is 2.40. The van der Waals surface area contributed by atoms with Crippen molar-refractivity contribution in [2.75, 3.05) is 6.54 Å². The van der Waals surface area contributed by atoms with E-state index in [9.17, 15) is 27.5 Å². The van der Waals surface area contributed by atoms with Gasteiger partial charge in [-0.15, -0.1) is 0 Å². The minimum atomic E-state index is -5.00. The van der Waals surface area contributed by atoms with Crippen LogP contribution in [0.5, 0.6) is 0 Å². The van der Waals surface area contributed by atoms with Crippen molar-refractivity contribution in [2.45, 2.75) is 38.1 Å². The lowest BCUT2D eigenvalue weighted by atomic mass is 9.99.